The van der Waals surface area contributed by atoms with E-state index in [9.17, 15) is 9.18 Å². The molecular formula is C26H20ClFN4O3. The Bertz CT molecular complexity index is 1450. The van der Waals surface area contributed by atoms with Crippen molar-refractivity contribution in [3.05, 3.63) is 101 Å². The van der Waals surface area contributed by atoms with Gasteiger partial charge in [-0.1, -0.05) is 47.1 Å². The summed E-state index contributed by atoms with van der Waals surface area (Å²) in [6.07, 6.45) is 0. The monoisotopic (exact) mass is 490 g/mol. The molecule has 0 fully saturated rings. The zero-order valence-corrected chi connectivity index (χ0v) is 19.6. The van der Waals surface area contributed by atoms with Crippen molar-refractivity contribution in [3.63, 3.8) is 0 Å². The van der Waals surface area contributed by atoms with Crippen molar-refractivity contribution in [2.24, 2.45) is 0 Å². The van der Waals surface area contributed by atoms with Crippen LogP contribution in [-0.2, 0) is 0 Å². The highest BCUT2D eigenvalue weighted by Crippen LogP contribution is 2.40. The molecule has 35 heavy (non-hydrogen) atoms. The van der Waals surface area contributed by atoms with Crippen LogP contribution in [-0.4, -0.2) is 23.3 Å². The molecule has 5 rings (SSSR count). The molecule has 3 aromatic carbocycles. The van der Waals surface area contributed by atoms with Gasteiger partial charge >= 0.3 is 6.03 Å². The van der Waals surface area contributed by atoms with E-state index in [1.54, 1.807) is 50.4 Å². The number of nitrogens with one attached hydrogen (secondary N) is 1. The van der Waals surface area contributed by atoms with Crippen LogP contribution < -0.4 is 15.0 Å². The maximum absolute atomic E-state index is 13.8. The van der Waals surface area contributed by atoms with Crippen molar-refractivity contribution >= 4 is 28.9 Å². The highest BCUT2D eigenvalue weighted by Gasteiger charge is 2.36. The topological polar surface area (TPSA) is 80.5 Å². The molecule has 0 spiro atoms. The Morgan fingerprint density at radius 2 is 1.89 bits per heavy atom. The Morgan fingerprint density at radius 3 is 2.66 bits per heavy atom. The number of hydrogen-bond acceptors (Lipinski definition) is 5. The summed E-state index contributed by atoms with van der Waals surface area (Å²) in [5.41, 5.74) is 3.00. The number of benzene rings is 3. The number of allylic oxidation sites excluding steroid dienone is 1. The standard InChI is InChI=1S/C26H20ClFN4O3/c1-15-22(25-30-24(31-35-25)17-7-3-9-19(28)12-17)23(16-6-4-11-21(13-16)34-2)29-26(33)32(15)20-10-5-8-18(27)14-20/h3-14,23H,1-2H3,(H,29,33). The van der Waals surface area contributed by atoms with Crippen molar-refractivity contribution < 1.29 is 18.4 Å². The predicted octanol–water partition coefficient (Wildman–Crippen LogP) is 6.24. The number of hydrogen-bond donors (Lipinski definition) is 1. The van der Waals surface area contributed by atoms with Crippen LogP contribution in [0.15, 0.2) is 83.0 Å². The third kappa shape index (κ3) is 4.36. The lowest BCUT2D eigenvalue weighted by molar-refractivity contribution is 0.244. The summed E-state index contributed by atoms with van der Waals surface area (Å²) in [6, 6.07) is 19.3. The largest absolute Gasteiger partial charge is 0.497 e. The van der Waals surface area contributed by atoms with Gasteiger partial charge in [0.15, 0.2) is 0 Å². The second-order valence-corrected chi connectivity index (χ2v) is 8.34. The number of nitrogens with zero attached hydrogens (tertiary/aromatic N) is 3. The molecule has 0 bridgehead atoms. The predicted molar refractivity (Wildman–Crippen MR) is 130 cm³/mol. The lowest BCUT2D eigenvalue weighted by Crippen LogP contribution is -2.46. The SMILES string of the molecule is COc1cccc(C2NC(=O)N(c3cccc(Cl)c3)C(C)=C2c2nc(-c3cccc(F)c3)no2)c1. The number of carbonyl (C=O) groups is 1. The Kier molecular flexibility index (Phi) is 5.96. The van der Waals surface area contributed by atoms with Crippen molar-refractivity contribution in [1.82, 2.24) is 15.5 Å². The van der Waals surface area contributed by atoms with E-state index in [2.05, 4.69) is 15.5 Å². The summed E-state index contributed by atoms with van der Waals surface area (Å²) in [5, 5.41) is 7.59. The van der Waals surface area contributed by atoms with Crippen LogP contribution in [0.5, 0.6) is 5.75 Å². The van der Waals surface area contributed by atoms with Crippen molar-refractivity contribution in [3.8, 4) is 17.1 Å². The molecule has 4 aromatic rings. The number of ether oxygens (including phenoxy) is 1. The quantitative estimate of drug-likeness (QED) is 0.358. The van der Waals surface area contributed by atoms with E-state index in [0.717, 1.165) is 5.56 Å². The number of aromatic nitrogens is 2. The number of halogens is 2. The van der Waals surface area contributed by atoms with Gasteiger partial charge < -0.3 is 14.6 Å². The molecule has 2 amide bonds. The Hall–Kier alpha value is -4.17. The zero-order chi connectivity index (χ0) is 24.5. The fourth-order valence-corrected chi connectivity index (χ4v) is 4.28. The van der Waals surface area contributed by atoms with Gasteiger partial charge in [-0.2, -0.15) is 4.98 Å². The molecule has 1 aromatic heterocycles. The Balaban J connectivity index is 1.67. The molecule has 0 radical (unpaired) electrons. The lowest BCUT2D eigenvalue weighted by Gasteiger charge is -2.35. The summed E-state index contributed by atoms with van der Waals surface area (Å²) in [6.45, 7) is 1.80. The molecule has 1 unspecified atom stereocenters. The van der Waals surface area contributed by atoms with Crippen LogP contribution >= 0.6 is 11.6 Å². The summed E-state index contributed by atoms with van der Waals surface area (Å²) < 4.78 is 24.8. The number of urea groups is 1. The van der Waals surface area contributed by atoms with Crippen molar-refractivity contribution in [2.45, 2.75) is 13.0 Å². The highest BCUT2D eigenvalue weighted by molar-refractivity contribution is 6.31. The van der Waals surface area contributed by atoms with E-state index in [1.807, 2.05) is 24.3 Å². The van der Waals surface area contributed by atoms with Crippen molar-refractivity contribution in [2.75, 3.05) is 12.0 Å². The molecule has 0 aliphatic carbocycles. The van der Waals surface area contributed by atoms with Gasteiger partial charge in [0.2, 0.25) is 5.82 Å². The molecule has 7 nitrogen and oxygen atoms in total. The minimum atomic E-state index is -0.603. The average Bonchev–Trinajstić information content (AvgIpc) is 3.33. The van der Waals surface area contributed by atoms with Crippen LogP contribution in [0.2, 0.25) is 5.02 Å². The zero-order valence-electron chi connectivity index (χ0n) is 18.8. The van der Waals surface area contributed by atoms with Gasteiger partial charge in [-0.25, -0.2) is 9.18 Å². The van der Waals surface area contributed by atoms with E-state index in [0.29, 0.717) is 33.3 Å². The summed E-state index contributed by atoms with van der Waals surface area (Å²) >= 11 is 6.19. The van der Waals surface area contributed by atoms with Crippen LogP contribution in [0.3, 0.4) is 0 Å². The normalized spacial score (nSPS) is 15.8. The maximum atomic E-state index is 13.8. The summed E-state index contributed by atoms with van der Waals surface area (Å²) in [7, 11) is 1.57. The molecule has 1 N–H and O–H groups in total. The first-order valence-corrected chi connectivity index (χ1v) is 11.1. The maximum Gasteiger partial charge on any atom is 0.326 e. The molecule has 1 aliphatic rings. The van der Waals surface area contributed by atoms with Crippen LogP contribution in [0.1, 0.15) is 24.4 Å². The van der Waals surface area contributed by atoms with E-state index >= 15 is 0 Å². The number of anilines is 1. The van der Waals surface area contributed by atoms with E-state index in [4.69, 9.17) is 20.9 Å². The van der Waals surface area contributed by atoms with Crippen molar-refractivity contribution in [1.29, 1.82) is 0 Å². The molecular weight excluding hydrogens is 471 g/mol. The highest BCUT2D eigenvalue weighted by atomic mass is 35.5. The van der Waals surface area contributed by atoms with Crippen LogP contribution in [0.4, 0.5) is 14.9 Å². The third-order valence-electron chi connectivity index (χ3n) is 5.72. The van der Waals surface area contributed by atoms with Crippen LogP contribution in [0, 0.1) is 5.82 Å². The van der Waals surface area contributed by atoms with E-state index in [1.165, 1.54) is 17.0 Å². The fraction of sp³-hybridized carbons (Fsp3) is 0.115. The van der Waals surface area contributed by atoms with Gasteiger partial charge in [0.05, 0.1) is 24.4 Å². The average molecular weight is 491 g/mol. The smallest absolute Gasteiger partial charge is 0.326 e. The minimum Gasteiger partial charge on any atom is -0.497 e. The van der Waals surface area contributed by atoms with E-state index in [-0.39, 0.29) is 17.7 Å². The van der Waals surface area contributed by atoms with Gasteiger partial charge in [-0.05, 0) is 55.0 Å². The second-order valence-electron chi connectivity index (χ2n) is 7.91. The number of methoxy groups -OCH3 is 1. The molecule has 2 heterocycles. The van der Waals surface area contributed by atoms with E-state index < -0.39 is 11.9 Å². The molecule has 9 heteroatoms. The third-order valence-corrected chi connectivity index (χ3v) is 5.95. The van der Waals surface area contributed by atoms with Crippen LogP contribution in [0.25, 0.3) is 17.0 Å². The molecule has 176 valence electrons. The summed E-state index contributed by atoms with van der Waals surface area (Å²) in [5.74, 6) is 0.657. The van der Waals surface area contributed by atoms with Gasteiger partial charge in [-0.3, -0.25) is 4.90 Å². The van der Waals surface area contributed by atoms with Gasteiger partial charge in [-0.15, -0.1) is 0 Å². The molecule has 0 saturated heterocycles. The number of carbonyl (C=O) groups excluding carboxylic acids is 1. The number of rotatable bonds is 5. The first-order chi connectivity index (χ1) is 16.9. The lowest BCUT2D eigenvalue weighted by atomic mass is 9.94. The minimum absolute atomic E-state index is 0.196. The first-order valence-electron chi connectivity index (χ1n) is 10.8. The Morgan fingerprint density at radius 1 is 1.09 bits per heavy atom. The number of amides is 2. The Labute approximate surface area is 205 Å². The molecule has 0 saturated carbocycles. The molecule has 1 atom stereocenters. The van der Waals surface area contributed by atoms with Gasteiger partial charge in [0.1, 0.15) is 11.6 Å². The second kappa shape index (κ2) is 9.23. The molecule has 1 aliphatic heterocycles. The van der Waals surface area contributed by atoms with Gasteiger partial charge in [0.25, 0.3) is 5.89 Å². The fourth-order valence-electron chi connectivity index (χ4n) is 4.09. The first kappa shape index (κ1) is 22.6. The van der Waals surface area contributed by atoms with Gasteiger partial charge in [0, 0.05) is 16.3 Å². The summed E-state index contributed by atoms with van der Waals surface area (Å²) in [4.78, 5) is 19.3.